The van der Waals surface area contributed by atoms with Crippen molar-refractivity contribution in [3.63, 3.8) is 0 Å². The van der Waals surface area contributed by atoms with Crippen molar-refractivity contribution in [3.8, 4) is 17.1 Å². The van der Waals surface area contributed by atoms with Gasteiger partial charge in [-0.3, -0.25) is 4.90 Å². The summed E-state index contributed by atoms with van der Waals surface area (Å²) in [6.45, 7) is 9.76. The molecule has 240 valence electrons. The van der Waals surface area contributed by atoms with E-state index < -0.39 is 10.0 Å². The molecule has 1 saturated heterocycles. The quantitative estimate of drug-likeness (QED) is 0.315. The Hall–Kier alpha value is -2.97. The highest BCUT2D eigenvalue weighted by molar-refractivity contribution is 7.92. The number of benzene rings is 2. The first-order chi connectivity index (χ1) is 21.6. The third-order valence-corrected chi connectivity index (χ3v) is 12.4. The van der Waals surface area contributed by atoms with Gasteiger partial charge in [-0.1, -0.05) is 63.4 Å². The molecule has 1 spiro atoms. The molecular weight excluding hydrogens is 580 g/mol. The van der Waals surface area contributed by atoms with Gasteiger partial charge in [-0.2, -0.15) is 4.98 Å². The normalized spacial score (nSPS) is 27.3. The highest BCUT2D eigenvalue weighted by Gasteiger charge is 2.50. The van der Waals surface area contributed by atoms with Crippen LogP contribution in [0.25, 0.3) is 11.3 Å². The van der Waals surface area contributed by atoms with Gasteiger partial charge in [-0.25, -0.2) is 18.1 Å². The van der Waals surface area contributed by atoms with Crippen LogP contribution in [0, 0.1) is 25.2 Å². The first kappa shape index (κ1) is 30.7. The molecule has 0 radical (unpaired) electrons. The number of nitrogens with zero attached hydrogens (tertiary/aromatic N) is 3. The maximum absolute atomic E-state index is 13.7. The van der Waals surface area contributed by atoms with Gasteiger partial charge in [-0.15, -0.1) is 0 Å². The predicted octanol–water partition coefficient (Wildman–Crippen LogP) is 8.03. The molecule has 3 heterocycles. The number of anilines is 1. The van der Waals surface area contributed by atoms with Crippen molar-refractivity contribution in [1.82, 2.24) is 14.9 Å². The monoisotopic (exact) mass is 628 g/mol. The molecule has 6 bridgehead atoms. The zero-order valence-corrected chi connectivity index (χ0v) is 28.1. The molecule has 45 heavy (non-hydrogen) atoms. The van der Waals surface area contributed by atoms with Crippen molar-refractivity contribution in [2.75, 3.05) is 11.3 Å². The van der Waals surface area contributed by atoms with Gasteiger partial charge >= 0.3 is 0 Å². The summed E-state index contributed by atoms with van der Waals surface area (Å²) >= 11 is 0. The summed E-state index contributed by atoms with van der Waals surface area (Å²) in [6.07, 6.45) is 12.3. The second-order valence-electron chi connectivity index (χ2n) is 14.8. The minimum atomic E-state index is -3.90. The van der Waals surface area contributed by atoms with E-state index in [9.17, 15) is 8.42 Å². The molecule has 4 aliphatic rings. The number of likely N-dealkylation sites (tertiary alicyclic amines) is 1. The number of sulfonamides is 1. The Kier molecular flexibility index (Phi) is 8.18. The Morgan fingerprint density at radius 3 is 2.47 bits per heavy atom. The zero-order valence-electron chi connectivity index (χ0n) is 27.3. The minimum absolute atomic E-state index is 0.0387. The fourth-order valence-corrected chi connectivity index (χ4v) is 9.92. The van der Waals surface area contributed by atoms with E-state index in [1.165, 1.54) is 44.9 Å². The summed E-state index contributed by atoms with van der Waals surface area (Å²) < 4.78 is 37.1. The number of hydrogen-bond acceptors (Lipinski definition) is 6. The van der Waals surface area contributed by atoms with E-state index >= 15 is 0 Å². The van der Waals surface area contributed by atoms with E-state index in [1.807, 2.05) is 24.3 Å². The molecular formula is C37H48N4O3S. The summed E-state index contributed by atoms with van der Waals surface area (Å²) in [5.41, 5.74) is 5.40. The van der Waals surface area contributed by atoms with Crippen LogP contribution >= 0.6 is 0 Å². The molecule has 3 aromatic rings. The van der Waals surface area contributed by atoms with Crippen molar-refractivity contribution in [1.29, 1.82) is 0 Å². The number of hydrogen-bond donors (Lipinski definition) is 1. The summed E-state index contributed by atoms with van der Waals surface area (Å²) in [5, 5.41) is 0. The Bertz CT molecular complexity index is 1640. The number of rotatable bonds is 4. The van der Waals surface area contributed by atoms with Crippen LogP contribution in [0.3, 0.4) is 0 Å². The lowest BCUT2D eigenvalue weighted by atomic mass is 9.58. The standard InChI is InChI=1S/C37H48N4O3S/c1-24(2)18-32-33-20-28(14-17-41(32)29-22-37(23-29)15-6-5-7-16-37)27-12-9-13-30(19-27)45(42,43)40-36-38-31(21-34(39-36)44-33)35-25(3)10-8-11-26(35)4/h8-13,19,21,24,28-29,32-33H,5-7,14-18,20,22-23H2,1-4H3,(H,38,39,40)/t28?,32-,33+/m1/s1. The maximum atomic E-state index is 13.7. The van der Waals surface area contributed by atoms with E-state index in [4.69, 9.17) is 14.7 Å². The van der Waals surface area contributed by atoms with Crippen LogP contribution in [-0.2, 0) is 10.0 Å². The summed E-state index contributed by atoms with van der Waals surface area (Å²) in [5.74, 6) is 1.18. The fraction of sp³-hybridized carbons (Fsp3) is 0.568. The van der Waals surface area contributed by atoms with E-state index in [2.05, 4.69) is 55.5 Å². The van der Waals surface area contributed by atoms with E-state index in [-0.39, 0.29) is 28.9 Å². The third-order valence-electron chi connectivity index (χ3n) is 11.1. The molecule has 1 N–H and O–H groups in total. The zero-order chi connectivity index (χ0) is 31.3. The Labute approximate surface area is 269 Å². The molecule has 0 amide bonds. The number of fused-ring (bicyclic) bond motifs is 7. The molecule has 3 fully saturated rings. The van der Waals surface area contributed by atoms with Gasteiger partial charge in [0, 0.05) is 23.7 Å². The van der Waals surface area contributed by atoms with Crippen molar-refractivity contribution in [2.24, 2.45) is 11.3 Å². The predicted molar refractivity (Wildman–Crippen MR) is 179 cm³/mol. The number of aromatic nitrogens is 2. The summed E-state index contributed by atoms with van der Waals surface area (Å²) in [6, 6.07) is 16.4. The first-order valence-corrected chi connectivity index (χ1v) is 18.6. The SMILES string of the molecule is Cc1cccc(C)c1-c1cc2nc(n1)NS(=O)(=O)c1cccc(c1)C1CCN(C3CC4(CCCCC4)C3)[C@H](CC(C)C)[C@H](C1)O2. The maximum Gasteiger partial charge on any atom is 0.264 e. The van der Waals surface area contributed by atoms with Gasteiger partial charge in [0.2, 0.25) is 11.8 Å². The second kappa shape index (κ2) is 12.0. The van der Waals surface area contributed by atoms with Crippen LogP contribution < -0.4 is 9.46 Å². The summed E-state index contributed by atoms with van der Waals surface area (Å²) in [7, 11) is -3.90. The average Bonchev–Trinajstić information content (AvgIpc) is 3.14. The molecule has 3 atom stereocenters. The van der Waals surface area contributed by atoms with Crippen molar-refractivity contribution < 1.29 is 13.2 Å². The molecule has 2 saturated carbocycles. The van der Waals surface area contributed by atoms with Crippen LogP contribution in [-0.4, -0.2) is 48.0 Å². The highest BCUT2D eigenvalue weighted by Crippen LogP contribution is 2.54. The molecule has 7 rings (SSSR count). The molecule has 7 nitrogen and oxygen atoms in total. The Balaban J connectivity index is 1.33. The number of aryl methyl sites for hydroxylation is 2. The highest BCUT2D eigenvalue weighted by atomic mass is 32.2. The summed E-state index contributed by atoms with van der Waals surface area (Å²) in [4.78, 5) is 12.5. The number of nitrogens with one attached hydrogen (secondary N) is 1. The largest absolute Gasteiger partial charge is 0.473 e. The average molecular weight is 629 g/mol. The molecule has 2 aliphatic carbocycles. The Morgan fingerprint density at radius 1 is 1.00 bits per heavy atom. The lowest BCUT2D eigenvalue weighted by Gasteiger charge is -2.56. The van der Waals surface area contributed by atoms with Crippen molar-refractivity contribution in [2.45, 2.75) is 121 Å². The lowest BCUT2D eigenvalue weighted by Crippen LogP contribution is -2.58. The van der Waals surface area contributed by atoms with Crippen LogP contribution in [0.4, 0.5) is 5.95 Å². The lowest BCUT2D eigenvalue weighted by molar-refractivity contribution is -0.0634. The van der Waals surface area contributed by atoms with Crippen LogP contribution in [0.15, 0.2) is 53.4 Å². The van der Waals surface area contributed by atoms with Gasteiger partial charge in [0.05, 0.1) is 10.6 Å². The molecule has 8 heteroatoms. The molecule has 2 aromatic carbocycles. The molecule has 1 aromatic heterocycles. The minimum Gasteiger partial charge on any atom is -0.473 e. The van der Waals surface area contributed by atoms with Gasteiger partial charge in [0.1, 0.15) is 6.10 Å². The van der Waals surface area contributed by atoms with E-state index in [0.29, 0.717) is 28.9 Å². The first-order valence-electron chi connectivity index (χ1n) is 17.1. The van der Waals surface area contributed by atoms with Crippen molar-refractivity contribution in [3.05, 3.63) is 65.2 Å². The smallest absolute Gasteiger partial charge is 0.264 e. The molecule has 2 aliphatic heterocycles. The van der Waals surface area contributed by atoms with Gasteiger partial charge in [-0.05, 0) is 111 Å². The van der Waals surface area contributed by atoms with Gasteiger partial charge in [0.15, 0.2) is 0 Å². The second-order valence-corrected chi connectivity index (χ2v) is 16.5. The van der Waals surface area contributed by atoms with Crippen molar-refractivity contribution >= 4 is 16.0 Å². The topological polar surface area (TPSA) is 84.4 Å². The van der Waals surface area contributed by atoms with E-state index in [1.54, 1.807) is 6.07 Å². The van der Waals surface area contributed by atoms with Crippen LogP contribution in [0.1, 0.15) is 101 Å². The van der Waals surface area contributed by atoms with Crippen LogP contribution in [0.2, 0.25) is 0 Å². The van der Waals surface area contributed by atoms with Gasteiger partial charge in [0.25, 0.3) is 10.0 Å². The fourth-order valence-electron chi connectivity index (χ4n) is 8.92. The van der Waals surface area contributed by atoms with Gasteiger partial charge < -0.3 is 4.74 Å². The molecule has 1 unspecified atom stereocenters. The number of ether oxygens (including phenoxy) is 1. The Morgan fingerprint density at radius 2 is 1.73 bits per heavy atom. The van der Waals surface area contributed by atoms with Crippen LogP contribution in [0.5, 0.6) is 5.88 Å². The van der Waals surface area contributed by atoms with E-state index in [0.717, 1.165) is 48.1 Å². The third kappa shape index (κ3) is 6.12.